The van der Waals surface area contributed by atoms with Gasteiger partial charge >= 0.3 is 0 Å². The summed E-state index contributed by atoms with van der Waals surface area (Å²) in [6, 6.07) is 10.9. The molecule has 1 aromatic carbocycles. The zero-order valence-electron chi connectivity index (χ0n) is 12.7. The van der Waals surface area contributed by atoms with Crippen LogP contribution in [0.2, 0.25) is 0 Å². The summed E-state index contributed by atoms with van der Waals surface area (Å²) in [6.07, 6.45) is 1.28. The molecular formula is C17H17N3O3. The van der Waals surface area contributed by atoms with E-state index in [0.29, 0.717) is 6.54 Å². The fourth-order valence-electron chi connectivity index (χ4n) is 2.72. The Morgan fingerprint density at radius 2 is 2.04 bits per heavy atom. The molecule has 6 heteroatoms. The summed E-state index contributed by atoms with van der Waals surface area (Å²) < 4.78 is 5.86. The molecule has 0 unspecified atom stereocenters. The van der Waals surface area contributed by atoms with Crippen molar-refractivity contribution in [2.24, 2.45) is 5.73 Å². The summed E-state index contributed by atoms with van der Waals surface area (Å²) in [5.41, 5.74) is 6.51. The minimum Gasteiger partial charge on any atom is -0.488 e. The van der Waals surface area contributed by atoms with E-state index < -0.39 is 11.8 Å². The van der Waals surface area contributed by atoms with Crippen molar-refractivity contribution in [1.82, 2.24) is 10.3 Å². The zero-order valence-corrected chi connectivity index (χ0v) is 12.7. The van der Waals surface area contributed by atoms with Crippen LogP contribution < -0.4 is 15.8 Å². The molecule has 23 heavy (non-hydrogen) atoms. The van der Waals surface area contributed by atoms with Crippen LogP contribution in [0.25, 0.3) is 0 Å². The van der Waals surface area contributed by atoms with Gasteiger partial charge in [0.15, 0.2) is 0 Å². The van der Waals surface area contributed by atoms with Gasteiger partial charge in [0.2, 0.25) is 0 Å². The topological polar surface area (TPSA) is 94.3 Å². The Morgan fingerprint density at radius 3 is 2.78 bits per heavy atom. The molecule has 118 valence electrons. The molecule has 3 N–H and O–H groups in total. The van der Waals surface area contributed by atoms with Crippen molar-refractivity contribution in [3.05, 3.63) is 59.4 Å². The van der Waals surface area contributed by atoms with Gasteiger partial charge in [0, 0.05) is 17.7 Å². The molecule has 2 atom stereocenters. The van der Waals surface area contributed by atoms with Gasteiger partial charge in [0.05, 0.1) is 12.1 Å². The highest BCUT2D eigenvalue weighted by molar-refractivity contribution is 6.05. The molecule has 1 aliphatic rings. The van der Waals surface area contributed by atoms with Crippen LogP contribution in [0.5, 0.6) is 5.75 Å². The van der Waals surface area contributed by atoms with Gasteiger partial charge in [0.1, 0.15) is 17.5 Å². The number of para-hydroxylation sites is 1. The molecule has 0 spiro atoms. The van der Waals surface area contributed by atoms with Crippen molar-refractivity contribution in [2.75, 3.05) is 6.54 Å². The van der Waals surface area contributed by atoms with Crippen LogP contribution >= 0.6 is 0 Å². The number of nitrogens with one attached hydrogen (secondary N) is 1. The number of primary amides is 1. The first kappa shape index (κ1) is 15.0. The Kier molecular flexibility index (Phi) is 3.97. The lowest BCUT2D eigenvalue weighted by Gasteiger charge is -2.16. The lowest BCUT2D eigenvalue weighted by molar-refractivity contribution is 0.0914. The quantitative estimate of drug-likeness (QED) is 0.894. The number of pyridine rings is 1. The molecule has 0 saturated carbocycles. The maximum atomic E-state index is 12.3. The SMILES string of the molecule is C[C@@H]1c2ccccc2O[C@@H]1CNC(=O)c1cccnc1C(N)=O. The minimum atomic E-state index is -0.728. The zero-order chi connectivity index (χ0) is 16.4. The molecule has 2 aromatic rings. The number of ether oxygens (including phenoxy) is 1. The fraction of sp³-hybridized carbons (Fsp3) is 0.235. The van der Waals surface area contributed by atoms with E-state index in [9.17, 15) is 9.59 Å². The highest BCUT2D eigenvalue weighted by atomic mass is 16.5. The van der Waals surface area contributed by atoms with Gasteiger partial charge in [0.25, 0.3) is 11.8 Å². The number of fused-ring (bicyclic) bond motifs is 1. The fourth-order valence-corrected chi connectivity index (χ4v) is 2.72. The number of amides is 2. The summed E-state index contributed by atoms with van der Waals surface area (Å²) >= 11 is 0. The number of rotatable bonds is 4. The number of carbonyl (C=O) groups is 2. The summed E-state index contributed by atoms with van der Waals surface area (Å²) in [5, 5.41) is 2.79. The van der Waals surface area contributed by atoms with Crippen LogP contribution in [0.1, 0.15) is 39.3 Å². The molecule has 6 nitrogen and oxygen atoms in total. The van der Waals surface area contributed by atoms with E-state index in [0.717, 1.165) is 11.3 Å². The van der Waals surface area contributed by atoms with Crippen molar-refractivity contribution in [3.63, 3.8) is 0 Å². The van der Waals surface area contributed by atoms with Gasteiger partial charge in [-0.15, -0.1) is 0 Å². The number of hydrogen-bond acceptors (Lipinski definition) is 4. The Hall–Kier alpha value is -2.89. The van der Waals surface area contributed by atoms with Gasteiger partial charge < -0.3 is 15.8 Å². The first-order chi connectivity index (χ1) is 11.1. The first-order valence-corrected chi connectivity index (χ1v) is 7.36. The lowest BCUT2D eigenvalue weighted by atomic mass is 9.97. The maximum Gasteiger partial charge on any atom is 0.268 e. The summed E-state index contributed by atoms with van der Waals surface area (Å²) in [5.74, 6) is -0.0956. The molecule has 0 fully saturated rings. The lowest BCUT2D eigenvalue weighted by Crippen LogP contribution is -2.36. The van der Waals surface area contributed by atoms with E-state index in [4.69, 9.17) is 10.5 Å². The van der Waals surface area contributed by atoms with Crippen molar-refractivity contribution in [1.29, 1.82) is 0 Å². The van der Waals surface area contributed by atoms with Crippen molar-refractivity contribution >= 4 is 11.8 Å². The molecule has 1 aromatic heterocycles. The van der Waals surface area contributed by atoms with E-state index in [1.54, 1.807) is 6.07 Å². The van der Waals surface area contributed by atoms with Crippen LogP contribution in [0.3, 0.4) is 0 Å². The predicted octanol–water partition coefficient (Wildman–Crippen LogP) is 1.47. The van der Waals surface area contributed by atoms with Crippen LogP contribution in [-0.4, -0.2) is 29.4 Å². The number of hydrogen-bond donors (Lipinski definition) is 2. The largest absolute Gasteiger partial charge is 0.488 e. The molecule has 0 radical (unpaired) electrons. The second kappa shape index (κ2) is 6.08. The normalized spacial score (nSPS) is 18.8. The summed E-state index contributed by atoms with van der Waals surface area (Å²) in [7, 11) is 0. The van der Waals surface area contributed by atoms with Crippen molar-refractivity contribution in [3.8, 4) is 5.75 Å². The molecular weight excluding hydrogens is 294 g/mol. The highest BCUT2D eigenvalue weighted by Crippen LogP contribution is 2.37. The average molecular weight is 311 g/mol. The molecule has 0 saturated heterocycles. The van der Waals surface area contributed by atoms with Crippen LogP contribution in [0.4, 0.5) is 0 Å². The second-order valence-electron chi connectivity index (χ2n) is 5.46. The Bertz CT molecular complexity index is 760. The van der Waals surface area contributed by atoms with E-state index in [1.165, 1.54) is 12.3 Å². The minimum absolute atomic E-state index is 0.0336. The number of carbonyl (C=O) groups excluding carboxylic acids is 2. The number of nitrogens with two attached hydrogens (primary N) is 1. The van der Waals surface area contributed by atoms with Crippen molar-refractivity contribution in [2.45, 2.75) is 18.9 Å². The van der Waals surface area contributed by atoms with Crippen LogP contribution in [0.15, 0.2) is 42.6 Å². The molecule has 1 aliphatic heterocycles. The summed E-state index contributed by atoms with van der Waals surface area (Å²) in [4.78, 5) is 27.5. The molecule has 0 aliphatic carbocycles. The van der Waals surface area contributed by atoms with Gasteiger partial charge in [-0.05, 0) is 18.2 Å². The first-order valence-electron chi connectivity index (χ1n) is 7.36. The van der Waals surface area contributed by atoms with E-state index in [2.05, 4.69) is 17.2 Å². The van der Waals surface area contributed by atoms with E-state index in [-0.39, 0.29) is 23.3 Å². The summed E-state index contributed by atoms with van der Waals surface area (Å²) in [6.45, 7) is 2.39. The van der Waals surface area contributed by atoms with E-state index >= 15 is 0 Å². The number of nitrogens with zero attached hydrogens (tertiary/aromatic N) is 1. The van der Waals surface area contributed by atoms with Crippen LogP contribution in [0, 0.1) is 0 Å². The standard InChI is InChI=1S/C17H17N3O3/c1-10-11-5-2-3-7-13(11)23-14(10)9-20-17(22)12-6-4-8-19-15(12)16(18)21/h2-8,10,14H,9H2,1H3,(H2,18,21)(H,20,22)/t10-,14-/m1/s1. The van der Waals surface area contributed by atoms with Gasteiger partial charge in [-0.25, -0.2) is 0 Å². The Labute approximate surface area is 133 Å². The maximum absolute atomic E-state index is 12.3. The number of benzene rings is 1. The van der Waals surface area contributed by atoms with Crippen molar-refractivity contribution < 1.29 is 14.3 Å². The average Bonchev–Trinajstić information content (AvgIpc) is 2.89. The third-order valence-corrected chi connectivity index (χ3v) is 4.00. The monoisotopic (exact) mass is 311 g/mol. The Balaban J connectivity index is 1.68. The highest BCUT2D eigenvalue weighted by Gasteiger charge is 2.31. The molecule has 0 bridgehead atoms. The second-order valence-corrected chi connectivity index (χ2v) is 5.46. The smallest absolute Gasteiger partial charge is 0.268 e. The predicted molar refractivity (Wildman–Crippen MR) is 84.4 cm³/mol. The Morgan fingerprint density at radius 1 is 1.26 bits per heavy atom. The van der Waals surface area contributed by atoms with Gasteiger partial charge in [-0.1, -0.05) is 25.1 Å². The number of aromatic nitrogens is 1. The molecule has 3 rings (SSSR count). The van der Waals surface area contributed by atoms with Gasteiger partial charge in [-0.2, -0.15) is 0 Å². The van der Waals surface area contributed by atoms with E-state index in [1.807, 2.05) is 24.3 Å². The molecule has 2 amide bonds. The van der Waals surface area contributed by atoms with Crippen LogP contribution in [-0.2, 0) is 0 Å². The third-order valence-electron chi connectivity index (χ3n) is 4.00. The molecule has 2 heterocycles. The third kappa shape index (κ3) is 2.88. The van der Waals surface area contributed by atoms with Gasteiger partial charge in [-0.3, -0.25) is 14.6 Å².